The van der Waals surface area contributed by atoms with E-state index in [-0.39, 0.29) is 11.8 Å². The monoisotopic (exact) mass is 402 g/mol. The van der Waals surface area contributed by atoms with E-state index in [2.05, 4.69) is 30.6 Å². The molecule has 0 radical (unpaired) electrons. The third-order valence-corrected chi connectivity index (χ3v) is 5.48. The average Bonchev–Trinajstić information content (AvgIpc) is 3.43. The predicted molar refractivity (Wildman–Crippen MR) is 112 cm³/mol. The molecule has 1 aliphatic heterocycles. The van der Waals surface area contributed by atoms with Crippen LogP contribution in [0, 0.1) is 5.92 Å². The van der Waals surface area contributed by atoms with Gasteiger partial charge in [-0.15, -0.1) is 15.3 Å². The van der Waals surface area contributed by atoms with Crippen LogP contribution in [0.2, 0.25) is 0 Å². The zero-order valence-electron chi connectivity index (χ0n) is 16.4. The fourth-order valence-electron chi connectivity index (χ4n) is 3.81. The molecule has 5 rings (SSSR count). The first-order valence-corrected chi connectivity index (χ1v) is 10.0. The molecule has 3 aromatic heterocycles. The van der Waals surface area contributed by atoms with Gasteiger partial charge in [-0.2, -0.15) is 9.61 Å². The molecule has 30 heavy (non-hydrogen) atoms. The van der Waals surface area contributed by atoms with Crippen molar-refractivity contribution in [2.24, 2.45) is 5.92 Å². The van der Waals surface area contributed by atoms with Crippen molar-refractivity contribution in [2.45, 2.75) is 19.4 Å². The third-order valence-electron chi connectivity index (χ3n) is 5.48. The van der Waals surface area contributed by atoms with Crippen LogP contribution >= 0.6 is 0 Å². The van der Waals surface area contributed by atoms with Crippen molar-refractivity contribution in [3.05, 3.63) is 66.6 Å². The maximum atomic E-state index is 12.8. The van der Waals surface area contributed by atoms with Crippen molar-refractivity contribution in [2.75, 3.05) is 23.3 Å². The average molecular weight is 402 g/mol. The van der Waals surface area contributed by atoms with Crippen LogP contribution in [-0.2, 0) is 11.3 Å². The van der Waals surface area contributed by atoms with E-state index >= 15 is 0 Å². The summed E-state index contributed by atoms with van der Waals surface area (Å²) in [6.07, 6.45) is 4.87. The smallest absolute Gasteiger partial charge is 0.228 e. The molecule has 1 N–H and O–H groups in total. The predicted octanol–water partition coefficient (Wildman–Crippen LogP) is 2.22. The number of nitrogens with zero attached hydrogens (tertiary/aromatic N) is 7. The normalized spacial score (nSPS) is 14.9. The molecule has 0 saturated carbocycles. The van der Waals surface area contributed by atoms with Crippen LogP contribution in [-0.4, -0.2) is 48.6 Å². The lowest BCUT2D eigenvalue weighted by Crippen LogP contribution is -2.39. The third kappa shape index (κ3) is 3.73. The molecule has 1 amide bonds. The van der Waals surface area contributed by atoms with Crippen LogP contribution in [0.25, 0.3) is 5.65 Å². The van der Waals surface area contributed by atoms with Crippen LogP contribution in [0.4, 0.5) is 11.6 Å². The topological polar surface area (TPSA) is 93.2 Å². The quantitative estimate of drug-likeness (QED) is 0.550. The zero-order valence-corrected chi connectivity index (χ0v) is 16.4. The molecule has 0 atom stereocenters. The Balaban J connectivity index is 1.20. The standard InChI is InChI=1S/C21H22N8O/c30-21(24-18-8-11-23-28(18)14-16-4-2-1-3-5-16)17-9-12-27(13-10-17)20-7-6-19-25-22-15-29(19)26-20/h1-8,11,15,17H,9-10,12-14H2,(H,24,30). The highest BCUT2D eigenvalue weighted by Gasteiger charge is 2.26. The Morgan fingerprint density at radius 3 is 2.73 bits per heavy atom. The lowest BCUT2D eigenvalue weighted by atomic mass is 9.96. The van der Waals surface area contributed by atoms with Crippen molar-refractivity contribution < 1.29 is 4.79 Å². The molecule has 1 aromatic carbocycles. The number of hydrogen-bond donors (Lipinski definition) is 1. The second-order valence-corrected chi connectivity index (χ2v) is 7.44. The second kappa shape index (κ2) is 7.94. The fraction of sp³-hybridized carbons (Fsp3) is 0.286. The van der Waals surface area contributed by atoms with Gasteiger partial charge >= 0.3 is 0 Å². The molecule has 152 valence electrons. The Morgan fingerprint density at radius 2 is 1.90 bits per heavy atom. The van der Waals surface area contributed by atoms with Crippen molar-refractivity contribution in [3.63, 3.8) is 0 Å². The molecule has 4 heterocycles. The van der Waals surface area contributed by atoms with Crippen LogP contribution in [0.5, 0.6) is 0 Å². The van der Waals surface area contributed by atoms with E-state index in [9.17, 15) is 4.79 Å². The summed E-state index contributed by atoms with van der Waals surface area (Å²) in [6, 6.07) is 15.8. The Hall–Kier alpha value is -3.75. The number of anilines is 2. The van der Waals surface area contributed by atoms with Gasteiger partial charge in [0.25, 0.3) is 0 Å². The number of piperidine rings is 1. The van der Waals surface area contributed by atoms with E-state index in [4.69, 9.17) is 0 Å². The Kier molecular flexibility index (Phi) is 4.84. The number of carbonyl (C=O) groups is 1. The van der Waals surface area contributed by atoms with E-state index in [0.717, 1.165) is 48.8 Å². The van der Waals surface area contributed by atoms with Gasteiger partial charge in [-0.3, -0.25) is 4.79 Å². The molecule has 1 fully saturated rings. The second-order valence-electron chi connectivity index (χ2n) is 7.44. The van der Waals surface area contributed by atoms with E-state index in [1.807, 2.05) is 53.2 Å². The molecule has 0 aliphatic carbocycles. The van der Waals surface area contributed by atoms with Crippen LogP contribution in [0.1, 0.15) is 18.4 Å². The first kappa shape index (κ1) is 18.3. The molecule has 0 spiro atoms. The van der Waals surface area contributed by atoms with E-state index < -0.39 is 0 Å². The summed E-state index contributed by atoms with van der Waals surface area (Å²) in [6.45, 7) is 2.18. The molecule has 9 nitrogen and oxygen atoms in total. The number of nitrogens with one attached hydrogen (secondary N) is 1. The van der Waals surface area contributed by atoms with Gasteiger partial charge in [-0.25, -0.2) is 4.68 Å². The fourth-order valence-corrected chi connectivity index (χ4v) is 3.81. The Labute approximate surface area is 173 Å². The zero-order chi connectivity index (χ0) is 20.3. The largest absolute Gasteiger partial charge is 0.355 e. The number of carbonyl (C=O) groups excluding carboxylic acids is 1. The number of hydrogen-bond acceptors (Lipinski definition) is 6. The highest BCUT2D eigenvalue weighted by Crippen LogP contribution is 2.23. The van der Waals surface area contributed by atoms with Gasteiger partial charge in [-0.05, 0) is 30.5 Å². The molecule has 0 bridgehead atoms. The molecule has 1 aliphatic rings. The number of fused-ring (bicyclic) bond motifs is 1. The lowest BCUT2D eigenvalue weighted by Gasteiger charge is -2.32. The summed E-state index contributed by atoms with van der Waals surface area (Å²) < 4.78 is 3.49. The summed E-state index contributed by atoms with van der Waals surface area (Å²) in [5, 5.41) is 19.8. The van der Waals surface area contributed by atoms with Crippen molar-refractivity contribution in [1.82, 2.24) is 29.6 Å². The lowest BCUT2D eigenvalue weighted by molar-refractivity contribution is -0.120. The summed E-state index contributed by atoms with van der Waals surface area (Å²) in [7, 11) is 0. The highest BCUT2D eigenvalue weighted by molar-refractivity contribution is 5.91. The molecule has 9 heteroatoms. The minimum atomic E-state index is -0.0278. The maximum absolute atomic E-state index is 12.8. The van der Waals surface area contributed by atoms with E-state index in [0.29, 0.717) is 6.54 Å². The Morgan fingerprint density at radius 1 is 1.07 bits per heavy atom. The molecular formula is C21H22N8O. The number of benzene rings is 1. The first-order chi connectivity index (χ1) is 14.8. The molecule has 1 saturated heterocycles. The SMILES string of the molecule is O=C(Nc1ccnn1Cc1ccccc1)C1CCN(c2ccc3nncn3n2)CC1. The van der Waals surface area contributed by atoms with Gasteiger partial charge in [0, 0.05) is 25.1 Å². The summed E-state index contributed by atoms with van der Waals surface area (Å²) in [4.78, 5) is 15.0. The minimum Gasteiger partial charge on any atom is -0.355 e. The van der Waals surface area contributed by atoms with Gasteiger partial charge in [0.1, 0.15) is 18.0 Å². The first-order valence-electron chi connectivity index (χ1n) is 10.0. The van der Waals surface area contributed by atoms with Crippen molar-refractivity contribution in [1.29, 1.82) is 0 Å². The number of aromatic nitrogens is 6. The maximum Gasteiger partial charge on any atom is 0.228 e. The van der Waals surface area contributed by atoms with Crippen LogP contribution in [0.3, 0.4) is 0 Å². The summed E-state index contributed by atoms with van der Waals surface area (Å²) in [5.74, 6) is 1.62. The number of rotatable bonds is 5. The highest BCUT2D eigenvalue weighted by atomic mass is 16.2. The van der Waals surface area contributed by atoms with Crippen LogP contribution < -0.4 is 10.2 Å². The summed E-state index contributed by atoms with van der Waals surface area (Å²) >= 11 is 0. The molecular weight excluding hydrogens is 380 g/mol. The number of amides is 1. The molecule has 0 unspecified atom stereocenters. The van der Waals surface area contributed by atoms with Crippen molar-refractivity contribution >= 4 is 23.2 Å². The Bertz CT molecular complexity index is 1140. The van der Waals surface area contributed by atoms with Gasteiger partial charge in [0.2, 0.25) is 5.91 Å². The minimum absolute atomic E-state index is 0.0278. The van der Waals surface area contributed by atoms with Gasteiger partial charge < -0.3 is 10.2 Å². The van der Waals surface area contributed by atoms with Gasteiger partial charge in [0.15, 0.2) is 5.65 Å². The van der Waals surface area contributed by atoms with Crippen LogP contribution in [0.15, 0.2) is 61.1 Å². The summed E-state index contributed by atoms with van der Waals surface area (Å²) in [5.41, 5.74) is 1.86. The van der Waals surface area contributed by atoms with Crippen molar-refractivity contribution in [3.8, 4) is 0 Å². The van der Waals surface area contributed by atoms with E-state index in [1.54, 1.807) is 17.0 Å². The van der Waals surface area contributed by atoms with Gasteiger partial charge in [0.05, 0.1) is 12.7 Å². The molecule has 4 aromatic rings. The van der Waals surface area contributed by atoms with E-state index in [1.165, 1.54) is 0 Å². The van der Waals surface area contributed by atoms with Gasteiger partial charge in [-0.1, -0.05) is 30.3 Å².